The van der Waals surface area contributed by atoms with E-state index < -0.39 is 0 Å². The summed E-state index contributed by atoms with van der Waals surface area (Å²) >= 11 is 5.55. The van der Waals surface area contributed by atoms with Crippen LogP contribution in [-0.2, 0) is 4.79 Å². The minimum Gasteiger partial charge on any atom is -0.352 e. The van der Waals surface area contributed by atoms with Crippen LogP contribution in [0.25, 0.3) is 9.15 Å². The van der Waals surface area contributed by atoms with Crippen molar-refractivity contribution in [3.05, 3.63) is 44.8 Å². The molecule has 0 saturated heterocycles. The number of carbonyl (C=O) groups excluding carboxylic acids is 1. The molecule has 0 unspecified atom stereocenters. The zero-order chi connectivity index (χ0) is 14.4. The Morgan fingerprint density at radius 1 is 1.20 bits per heavy atom. The predicted molar refractivity (Wildman–Crippen MR) is 97.4 cm³/mol. The fraction of sp³-hybridized carbons (Fsp3) is 0.267. The van der Waals surface area contributed by atoms with Gasteiger partial charge in [0.2, 0.25) is 0 Å². The van der Waals surface area contributed by atoms with Gasteiger partial charge in [0.1, 0.15) is 0 Å². The molecule has 2 aromatic rings. The summed E-state index contributed by atoms with van der Waals surface area (Å²) < 4.78 is 1.02. The normalized spacial score (nSPS) is 12.1. The van der Waals surface area contributed by atoms with Crippen molar-refractivity contribution < 1.29 is 4.79 Å². The molecular formula is C15H16INOS2. The lowest BCUT2D eigenvalue weighted by Crippen LogP contribution is -2.25. The number of hydrogen-bond acceptors (Lipinski definition) is 3. The van der Waals surface area contributed by atoms with Gasteiger partial charge in [0.15, 0.2) is 0 Å². The highest BCUT2D eigenvalue weighted by Gasteiger charge is 2.18. The number of hydrogen-bond donors (Lipinski definition) is 1. The minimum atomic E-state index is 0.0266. The lowest BCUT2D eigenvalue weighted by atomic mass is 10.1. The molecule has 2 heterocycles. The van der Waals surface area contributed by atoms with E-state index in [4.69, 9.17) is 0 Å². The third-order valence-electron chi connectivity index (χ3n) is 2.77. The van der Waals surface area contributed by atoms with Crippen molar-refractivity contribution >= 4 is 60.3 Å². The zero-order valence-corrected chi connectivity index (χ0v) is 15.0. The van der Waals surface area contributed by atoms with Crippen LogP contribution in [0.4, 0.5) is 0 Å². The largest absolute Gasteiger partial charge is 0.352 e. The molecule has 0 spiro atoms. The number of amides is 1. The highest BCUT2D eigenvalue weighted by Crippen LogP contribution is 2.36. The molecule has 1 N–H and O–H groups in total. The van der Waals surface area contributed by atoms with Crippen molar-refractivity contribution in [1.29, 1.82) is 0 Å². The first kappa shape index (κ1) is 15.7. The highest BCUT2D eigenvalue weighted by molar-refractivity contribution is 14.1. The van der Waals surface area contributed by atoms with Gasteiger partial charge in [-0.3, -0.25) is 4.79 Å². The number of halogens is 1. The van der Waals surface area contributed by atoms with Crippen molar-refractivity contribution in [2.24, 2.45) is 0 Å². The topological polar surface area (TPSA) is 29.1 Å². The van der Waals surface area contributed by atoms with Gasteiger partial charge in [0.25, 0.3) is 5.91 Å². The Balaban J connectivity index is 2.31. The van der Waals surface area contributed by atoms with Gasteiger partial charge in [-0.15, -0.1) is 22.7 Å². The molecule has 0 aliphatic carbocycles. The molecule has 0 aliphatic rings. The first-order chi connectivity index (χ1) is 9.74. The maximum absolute atomic E-state index is 12.5. The summed E-state index contributed by atoms with van der Waals surface area (Å²) in [6.45, 7) is 2.86. The number of thiophene rings is 2. The highest BCUT2D eigenvalue weighted by atomic mass is 127. The van der Waals surface area contributed by atoms with Gasteiger partial charge < -0.3 is 5.32 Å². The molecule has 20 heavy (non-hydrogen) atoms. The van der Waals surface area contributed by atoms with Crippen LogP contribution in [0.1, 0.15) is 29.5 Å². The second-order valence-electron chi connectivity index (χ2n) is 4.25. The van der Waals surface area contributed by atoms with E-state index in [9.17, 15) is 4.79 Å². The number of nitrogens with one attached hydrogen (secondary N) is 1. The van der Waals surface area contributed by atoms with Crippen LogP contribution in [0, 0.1) is 0 Å². The molecule has 2 aromatic heterocycles. The van der Waals surface area contributed by atoms with E-state index in [0.29, 0.717) is 0 Å². The molecule has 1 amide bonds. The first-order valence-electron chi connectivity index (χ1n) is 6.49. The molecule has 0 fully saturated rings. The standard InChI is InChI=1S/C15H16INOS2/c1-2-3-8-17-15(18)13(11-6-4-9-19-11)14(16)12-7-5-10-20-12/h4-7,9-10H,2-3,8H2,1H3,(H,17,18)/b14-13-. The lowest BCUT2D eigenvalue weighted by Gasteiger charge is -2.09. The Kier molecular flexibility index (Phi) is 6.25. The second-order valence-corrected chi connectivity index (χ2v) is 7.23. The SMILES string of the molecule is CCCCNC(=O)/C(=C(\I)c1cccs1)c1cccs1. The van der Waals surface area contributed by atoms with E-state index in [2.05, 4.69) is 40.9 Å². The number of unbranched alkanes of at least 4 members (excludes halogenated alkanes) is 1. The molecule has 2 rings (SSSR count). The summed E-state index contributed by atoms with van der Waals surface area (Å²) in [4.78, 5) is 14.7. The van der Waals surface area contributed by atoms with Gasteiger partial charge in [0, 0.05) is 19.9 Å². The van der Waals surface area contributed by atoms with Crippen LogP contribution in [0.2, 0.25) is 0 Å². The maximum atomic E-state index is 12.5. The summed E-state index contributed by atoms with van der Waals surface area (Å²) in [6, 6.07) is 8.06. The van der Waals surface area contributed by atoms with E-state index in [1.165, 1.54) is 0 Å². The van der Waals surface area contributed by atoms with Crippen molar-refractivity contribution in [3.63, 3.8) is 0 Å². The minimum absolute atomic E-state index is 0.0266. The molecule has 0 aliphatic heterocycles. The lowest BCUT2D eigenvalue weighted by molar-refractivity contribution is -0.115. The van der Waals surface area contributed by atoms with E-state index in [-0.39, 0.29) is 5.91 Å². The summed E-state index contributed by atoms with van der Waals surface area (Å²) in [7, 11) is 0. The average Bonchev–Trinajstić information content (AvgIpc) is 3.12. The Labute approximate surface area is 141 Å². The van der Waals surface area contributed by atoms with Crippen molar-refractivity contribution in [2.45, 2.75) is 19.8 Å². The molecule has 0 radical (unpaired) electrons. The van der Waals surface area contributed by atoms with E-state index in [1.807, 2.05) is 29.0 Å². The van der Waals surface area contributed by atoms with Crippen LogP contribution in [0.3, 0.4) is 0 Å². The quantitative estimate of drug-likeness (QED) is 0.399. The van der Waals surface area contributed by atoms with Crippen LogP contribution < -0.4 is 5.32 Å². The molecular weight excluding hydrogens is 401 g/mol. The molecule has 0 aromatic carbocycles. The van der Waals surface area contributed by atoms with Crippen LogP contribution >= 0.6 is 45.3 Å². The maximum Gasteiger partial charge on any atom is 0.253 e. The number of carbonyl (C=O) groups is 1. The van der Waals surface area contributed by atoms with E-state index in [1.54, 1.807) is 22.7 Å². The van der Waals surface area contributed by atoms with Gasteiger partial charge in [-0.25, -0.2) is 0 Å². The van der Waals surface area contributed by atoms with Gasteiger partial charge in [0.05, 0.1) is 5.57 Å². The smallest absolute Gasteiger partial charge is 0.253 e. The van der Waals surface area contributed by atoms with Crippen molar-refractivity contribution in [2.75, 3.05) is 6.54 Å². The Morgan fingerprint density at radius 2 is 1.85 bits per heavy atom. The van der Waals surface area contributed by atoms with Gasteiger partial charge in [-0.1, -0.05) is 25.5 Å². The summed E-state index contributed by atoms with van der Waals surface area (Å²) in [5.74, 6) is 0.0266. The monoisotopic (exact) mass is 417 g/mol. The fourth-order valence-corrected chi connectivity index (χ4v) is 4.45. The fourth-order valence-electron chi connectivity index (χ4n) is 1.73. The average molecular weight is 417 g/mol. The third kappa shape index (κ3) is 3.93. The summed E-state index contributed by atoms with van der Waals surface area (Å²) in [5, 5.41) is 7.07. The third-order valence-corrected chi connectivity index (χ3v) is 6.03. The summed E-state index contributed by atoms with van der Waals surface area (Å²) in [5.41, 5.74) is 0.791. The zero-order valence-electron chi connectivity index (χ0n) is 11.2. The first-order valence-corrected chi connectivity index (χ1v) is 9.33. The summed E-state index contributed by atoms with van der Waals surface area (Å²) in [6.07, 6.45) is 2.10. The van der Waals surface area contributed by atoms with Crippen LogP contribution in [0.5, 0.6) is 0 Å². The molecule has 106 valence electrons. The van der Waals surface area contributed by atoms with Gasteiger partial charge in [-0.05, 0) is 51.9 Å². The predicted octanol–water partition coefficient (Wildman–Crippen LogP) is 5.03. The molecule has 0 saturated carbocycles. The van der Waals surface area contributed by atoms with Gasteiger partial charge >= 0.3 is 0 Å². The Morgan fingerprint density at radius 3 is 2.40 bits per heavy atom. The molecule has 5 heteroatoms. The molecule has 0 atom stereocenters. The number of rotatable bonds is 6. The van der Waals surface area contributed by atoms with E-state index in [0.717, 1.165) is 38.3 Å². The van der Waals surface area contributed by atoms with Crippen LogP contribution in [-0.4, -0.2) is 12.5 Å². The Bertz CT molecular complexity index is 573. The van der Waals surface area contributed by atoms with Crippen molar-refractivity contribution in [3.8, 4) is 0 Å². The second kappa shape index (κ2) is 7.95. The molecule has 0 bridgehead atoms. The van der Waals surface area contributed by atoms with E-state index >= 15 is 0 Å². The molecule has 2 nitrogen and oxygen atoms in total. The van der Waals surface area contributed by atoms with Crippen LogP contribution in [0.15, 0.2) is 35.0 Å². The Hall–Kier alpha value is -0.660. The van der Waals surface area contributed by atoms with Crippen molar-refractivity contribution in [1.82, 2.24) is 5.32 Å². The van der Waals surface area contributed by atoms with Gasteiger partial charge in [-0.2, -0.15) is 0 Å².